The Bertz CT molecular complexity index is 839. The first kappa shape index (κ1) is 18.7. The second kappa shape index (κ2) is 7.37. The van der Waals surface area contributed by atoms with Crippen LogP contribution in [0.15, 0.2) is 18.2 Å². The fourth-order valence-electron chi connectivity index (χ4n) is 3.89. The summed E-state index contributed by atoms with van der Waals surface area (Å²) in [7, 11) is 0. The average molecular weight is 384 g/mol. The third-order valence-electron chi connectivity index (χ3n) is 5.67. The quantitative estimate of drug-likeness (QED) is 0.622. The van der Waals surface area contributed by atoms with Gasteiger partial charge < -0.3 is 10.1 Å². The number of nitrogens with zero attached hydrogens (tertiary/aromatic N) is 1. The minimum Gasteiger partial charge on any atom is -0.449 e. The Balaban J connectivity index is 1.47. The van der Waals surface area contributed by atoms with Gasteiger partial charge >= 0.3 is 5.97 Å². The molecule has 0 saturated heterocycles. The van der Waals surface area contributed by atoms with Crippen molar-refractivity contribution in [2.24, 2.45) is 0 Å². The fourth-order valence-corrected chi connectivity index (χ4v) is 3.89. The highest BCUT2D eigenvalue weighted by Gasteiger charge is 2.40. The van der Waals surface area contributed by atoms with E-state index in [1.54, 1.807) is 0 Å². The third kappa shape index (κ3) is 3.53. The number of imide groups is 1. The van der Waals surface area contributed by atoms with E-state index in [1.807, 2.05) is 0 Å². The summed E-state index contributed by atoms with van der Waals surface area (Å²) >= 11 is 0. The molecule has 7 heteroatoms. The van der Waals surface area contributed by atoms with Crippen molar-refractivity contribution in [1.29, 1.82) is 0 Å². The molecular formula is C21H24N2O5. The molecule has 28 heavy (non-hydrogen) atoms. The number of hydrogen-bond donors (Lipinski definition) is 1. The Morgan fingerprint density at radius 1 is 1.04 bits per heavy atom. The Kier molecular flexibility index (Phi) is 4.91. The summed E-state index contributed by atoms with van der Waals surface area (Å²) in [6, 6.07) is 4.50. The maximum atomic E-state index is 12.8. The molecule has 7 nitrogen and oxygen atoms in total. The van der Waals surface area contributed by atoms with Crippen molar-refractivity contribution >= 4 is 23.7 Å². The summed E-state index contributed by atoms with van der Waals surface area (Å²) in [5.41, 5.74) is 0.725. The van der Waals surface area contributed by atoms with Gasteiger partial charge in [0.2, 0.25) is 0 Å². The van der Waals surface area contributed by atoms with E-state index in [-0.39, 0.29) is 40.9 Å². The van der Waals surface area contributed by atoms with Crippen molar-refractivity contribution in [3.63, 3.8) is 0 Å². The van der Waals surface area contributed by atoms with Gasteiger partial charge in [0, 0.05) is 12.1 Å². The van der Waals surface area contributed by atoms with Crippen LogP contribution in [0.3, 0.4) is 0 Å². The lowest BCUT2D eigenvalue weighted by Gasteiger charge is -2.29. The van der Waals surface area contributed by atoms with Crippen molar-refractivity contribution in [3.05, 3.63) is 34.9 Å². The van der Waals surface area contributed by atoms with Crippen LogP contribution in [0.5, 0.6) is 0 Å². The number of esters is 1. The Labute approximate surface area is 163 Å². The van der Waals surface area contributed by atoms with Gasteiger partial charge in [-0.3, -0.25) is 19.3 Å². The van der Waals surface area contributed by atoms with Crippen LogP contribution in [0.25, 0.3) is 0 Å². The number of benzene rings is 1. The van der Waals surface area contributed by atoms with E-state index in [1.165, 1.54) is 30.0 Å². The molecule has 0 radical (unpaired) electrons. The van der Waals surface area contributed by atoms with Crippen molar-refractivity contribution < 1.29 is 23.9 Å². The van der Waals surface area contributed by atoms with E-state index in [4.69, 9.17) is 4.74 Å². The third-order valence-corrected chi connectivity index (χ3v) is 5.67. The molecule has 2 aliphatic carbocycles. The summed E-state index contributed by atoms with van der Waals surface area (Å²) in [6.07, 6.45) is 5.78. The number of carbonyl (C=O) groups excluding carboxylic acids is 4. The molecule has 2 saturated carbocycles. The molecule has 3 amide bonds. The molecule has 1 N–H and O–H groups in total. The van der Waals surface area contributed by atoms with Crippen LogP contribution >= 0.6 is 0 Å². The van der Waals surface area contributed by atoms with Crippen molar-refractivity contribution in [2.45, 2.75) is 70.1 Å². The molecule has 3 aliphatic rings. The zero-order valence-corrected chi connectivity index (χ0v) is 15.9. The predicted molar refractivity (Wildman–Crippen MR) is 99.9 cm³/mol. The fraction of sp³-hybridized carbons (Fsp3) is 0.524. The van der Waals surface area contributed by atoms with E-state index in [0.717, 1.165) is 44.9 Å². The highest BCUT2D eigenvalue weighted by atomic mass is 16.5. The number of fused-ring (bicyclic) bond motifs is 1. The van der Waals surface area contributed by atoms with E-state index < -0.39 is 12.1 Å². The summed E-state index contributed by atoms with van der Waals surface area (Å²) in [4.78, 5) is 51.3. The molecule has 2 fully saturated rings. The Morgan fingerprint density at radius 3 is 2.39 bits per heavy atom. The molecule has 1 aromatic rings. The Morgan fingerprint density at radius 2 is 1.71 bits per heavy atom. The molecule has 1 aliphatic heterocycles. The molecule has 148 valence electrons. The summed E-state index contributed by atoms with van der Waals surface area (Å²) in [5.74, 6) is -1.64. The topological polar surface area (TPSA) is 92.8 Å². The first-order valence-electron chi connectivity index (χ1n) is 9.99. The molecule has 0 unspecified atom stereocenters. The first-order chi connectivity index (χ1) is 13.5. The number of carbonyl (C=O) groups is 4. The van der Waals surface area contributed by atoms with Crippen LogP contribution in [-0.2, 0) is 9.53 Å². The molecule has 0 bridgehead atoms. The van der Waals surface area contributed by atoms with E-state index in [2.05, 4.69) is 5.32 Å². The van der Waals surface area contributed by atoms with Crippen LogP contribution < -0.4 is 5.32 Å². The predicted octanol–water partition coefficient (Wildman–Crippen LogP) is 2.44. The van der Waals surface area contributed by atoms with E-state index in [0.29, 0.717) is 5.56 Å². The lowest BCUT2D eigenvalue weighted by atomic mass is 9.94. The Hall–Kier alpha value is -2.70. The first-order valence-corrected chi connectivity index (χ1v) is 9.99. The lowest BCUT2D eigenvalue weighted by Crippen LogP contribution is -2.40. The number of hydrogen-bond acceptors (Lipinski definition) is 5. The number of nitrogens with one attached hydrogen (secondary N) is 1. The van der Waals surface area contributed by atoms with Crippen LogP contribution in [0.4, 0.5) is 0 Å². The number of ether oxygens (including phenoxy) is 1. The molecule has 1 aromatic carbocycles. The molecule has 0 spiro atoms. The van der Waals surface area contributed by atoms with Gasteiger partial charge in [0.05, 0.1) is 16.7 Å². The SMILES string of the molecule is C[C@@H](OC(=O)c1ccc2c(c1)C(=O)N(C1CCCCC1)C2=O)C(=O)NC1CC1. The van der Waals surface area contributed by atoms with Crippen molar-refractivity contribution in [1.82, 2.24) is 10.2 Å². The highest BCUT2D eigenvalue weighted by Crippen LogP contribution is 2.31. The number of amides is 3. The zero-order valence-electron chi connectivity index (χ0n) is 15.9. The summed E-state index contributed by atoms with van der Waals surface area (Å²) in [5, 5.41) is 2.79. The van der Waals surface area contributed by atoms with E-state index >= 15 is 0 Å². The van der Waals surface area contributed by atoms with Gasteiger partial charge in [-0.2, -0.15) is 0 Å². The average Bonchev–Trinajstić information content (AvgIpc) is 3.48. The van der Waals surface area contributed by atoms with Gasteiger partial charge in [0.25, 0.3) is 17.7 Å². The van der Waals surface area contributed by atoms with Gasteiger partial charge in [0.1, 0.15) is 0 Å². The smallest absolute Gasteiger partial charge is 0.338 e. The molecular weight excluding hydrogens is 360 g/mol. The van der Waals surface area contributed by atoms with Crippen molar-refractivity contribution in [2.75, 3.05) is 0 Å². The standard InChI is InChI=1S/C21H24N2O5/c1-12(18(24)22-14-8-9-14)28-21(27)13-7-10-16-17(11-13)20(26)23(19(16)25)15-5-3-2-4-6-15/h7,10-12,14-15H,2-6,8-9H2,1H3,(H,22,24)/t12-/m1/s1. The van der Waals surface area contributed by atoms with Gasteiger partial charge in [-0.15, -0.1) is 0 Å². The summed E-state index contributed by atoms with van der Waals surface area (Å²) < 4.78 is 5.23. The van der Waals surface area contributed by atoms with Crippen LogP contribution in [-0.4, -0.2) is 46.8 Å². The van der Waals surface area contributed by atoms with Crippen LogP contribution in [0.2, 0.25) is 0 Å². The highest BCUT2D eigenvalue weighted by molar-refractivity contribution is 6.22. The van der Waals surface area contributed by atoms with E-state index in [9.17, 15) is 19.2 Å². The van der Waals surface area contributed by atoms with Gasteiger partial charge in [-0.05, 0) is 50.8 Å². The molecule has 0 aromatic heterocycles. The number of rotatable bonds is 5. The normalized spacial score (nSPS) is 20.7. The maximum Gasteiger partial charge on any atom is 0.338 e. The lowest BCUT2D eigenvalue weighted by molar-refractivity contribution is -0.129. The zero-order chi connectivity index (χ0) is 19.8. The van der Waals surface area contributed by atoms with Gasteiger partial charge in [-0.1, -0.05) is 19.3 Å². The largest absolute Gasteiger partial charge is 0.449 e. The second-order valence-electron chi connectivity index (χ2n) is 7.86. The molecule has 1 atom stereocenters. The summed E-state index contributed by atoms with van der Waals surface area (Å²) in [6.45, 7) is 1.52. The molecule has 1 heterocycles. The second-order valence-corrected chi connectivity index (χ2v) is 7.86. The monoisotopic (exact) mass is 384 g/mol. The van der Waals surface area contributed by atoms with Crippen LogP contribution in [0, 0.1) is 0 Å². The molecule has 4 rings (SSSR count). The minimum atomic E-state index is -0.919. The van der Waals surface area contributed by atoms with Gasteiger partial charge in [0.15, 0.2) is 6.10 Å². The maximum absolute atomic E-state index is 12.8. The van der Waals surface area contributed by atoms with Gasteiger partial charge in [-0.25, -0.2) is 4.79 Å². The van der Waals surface area contributed by atoms with Crippen LogP contribution in [0.1, 0.15) is 82.9 Å². The van der Waals surface area contributed by atoms with Crippen molar-refractivity contribution in [3.8, 4) is 0 Å². The minimum absolute atomic E-state index is 0.0670.